The van der Waals surface area contributed by atoms with Crippen LogP contribution in [0.5, 0.6) is 0 Å². The van der Waals surface area contributed by atoms with E-state index in [0.717, 1.165) is 43.4 Å². The number of nitrogens with one attached hydrogen (secondary N) is 1. The largest absolute Gasteiger partial charge is 0.276 e. The van der Waals surface area contributed by atoms with Gasteiger partial charge < -0.3 is 0 Å². The molecule has 5 heteroatoms. The lowest BCUT2D eigenvalue weighted by Crippen LogP contribution is -2.27. The molecule has 3 rings (SSSR count). The second kappa shape index (κ2) is 5.44. The van der Waals surface area contributed by atoms with Gasteiger partial charge in [0.15, 0.2) is 0 Å². The molecule has 0 amide bonds. The Morgan fingerprint density at radius 2 is 1.67 bits per heavy atom. The molecule has 2 saturated carbocycles. The Labute approximate surface area is 126 Å². The van der Waals surface area contributed by atoms with Crippen molar-refractivity contribution in [2.24, 2.45) is 10.5 Å². The number of hydrogen-bond acceptors (Lipinski definition) is 3. The van der Waals surface area contributed by atoms with Crippen molar-refractivity contribution < 1.29 is 8.42 Å². The monoisotopic (exact) mass is 306 g/mol. The molecule has 0 saturated heterocycles. The molecule has 1 N–H and O–H groups in total. The van der Waals surface area contributed by atoms with Crippen LogP contribution < -0.4 is 4.83 Å². The number of rotatable bonds is 3. The highest BCUT2D eigenvalue weighted by Crippen LogP contribution is 2.48. The van der Waals surface area contributed by atoms with Crippen molar-refractivity contribution in [1.82, 2.24) is 4.83 Å². The molecule has 0 bridgehead atoms. The summed E-state index contributed by atoms with van der Waals surface area (Å²) in [5.41, 5.74) is 2.30. The molecule has 0 aromatic heterocycles. The maximum Gasteiger partial charge on any atom is 0.276 e. The van der Waals surface area contributed by atoms with Crippen molar-refractivity contribution >= 4 is 15.7 Å². The highest BCUT2D eigenvalue weighted by Gasteiger charge is 2.42. The molecule has 2 aliphatic carbocycles. The topological polar surface area (TPSA) is 58.5 Å². The van der Waals surface area contributed by atoms with E-state index >= 15 is 0 Å². The summed E-state index contributed by atoms with van der Waals surface area (Å²) in [7, 11) is -3.55. The quantitative estimate of drug-likeness (QED) is 0.870. The molecule has 1 spiro atoms. The van der Waals surface area contributed by atoms with Crippen LogP contribution in [-0.4, -0.2) is 14.1 Å². The van der Waals surface area contributed by atoms with E-state index in [4.69, 9.17) is 0 Å². The minimum Gasteiger partial charge on any atom is -0.200 e. The fourth-order valence-corrected chi connectivity index (χ4v) is 4.48. The summed E-state index contributed by atoms with van der Waals surface area (Å²) in [4.78, 5) is 2.72. The van der Waals surface area contributed by atoms with E-state index < -0.39 is 10.0 Å². The van der Waals surface area contributed by atoms with Gasteiger partial charge in [0.05, 0.1) is 4.90 Å². The van der Waals surface area contributed by atoms with Crippen LogP contribution in [0.1, 0.15) is 50.5 Å². The Kier molecular flexibility index (Phi) is 3.78. The molecule has 0 aliphatic heterocycles. The van der Waals surface area contributed by atoms with Gasteiger partial charge in [-0.05, 0) is 51.2 Å². The lowest BCUT2D eigenvalue weighted by atomic mass is 9.83. The average Bonchev–Trinajstić information content (AvgIpc) is 3.08. The minimum atomic E-state index is -3.55. The van der Waals surface area contributed by atoms with Crippen LogP contribution in [-0.2, 0) is 10.0 Å². The SMILES string of the molecule is Cc1ccc(S(=O)(=O)N/N=C2/CCCC23CCCC3)cc1. The molecule has 1 aromatic carbocycles. The maximum atomic E-state index is 12.3. The van der Waals surface area contributed by atoms with Gasteiger partial charge in [0.2, 0.25) is 0 Å². The number of sulfonamides is 1. The second-order valence-electron chi connectivity index (χ2n) is 6.31. The standard InChI is InChI=1S/C16H22N2O2S/c1-13-6-8-14(9-7-13)21(19,20)18-17-15-5-4-12-16(15)10-2-3-11-16/h6-9,18H,2-5,10-12H2,1H3/b17-15-. The van der Waals surface area contributed by atoms with Gasteiger partial charge in [-0.2, -0.15) is 13.5 Å². The predicted molar refractivity (Wildman–Crippen MR) is 83.7 cm³/mol. The van der Waals surface area contributed by atoms with Gasteiger partial charge in [-0.1, -0.05) is 30.5 Å². The first-order chi connectivity index (χ1) is 10.0. The molecule has 1 aromatic rings. The van der Waals surface area contributed by atoms with E-state index in [1.807, 2.05) is 6.92 Å². The molecule has 21 heavy (non-hydrogen) atoms. The van der Waals surface area contributed by atoms with E-state index in [9.17, 15) is 8.42 Å². The van der Waals surface area contributed by atoms with Crippen molar-refractivity contribution in [3.63, 3.8) is 0 Å². The Hall–Kier alpha value is -1.36. The van der Waals surface area contributed by atoms with Gasteiger partial charge in [0.25, 0.3) is 10.0 Å². The maximum absolute atomic E-state index is 12.3. The summed E-state index contributed by atoms with van der Waals surface area (Å²) < 4.78 is 24.6. The summed E-state index contributed by atoms with van der Waals surface area (Å²) in [5, 5.41) is 4.31. The summed E-state index contributed by atoms with van der Waals surface area (Å²) in [6, 6.07) is 6.85. The van der Waals surface area contributed by atoms with E-state index in [2.05, 4.69) is 9.93 Å². The van der Waals surface area contributed by atoms with E-state index in [0.29, 0.717) is 0 Å². The molecular weight excluding hydrogens is 284 g/mol. The summed E-state index contributed by atoms with van der Waals surface area (Å²) in [6.07, 6.45) is 8.03. The van der Waals surface area contributed by atoms with Crippen molar-refractivity contribution in [2.75, 3.05) is 0 Å². The smallest absolute Gasteiger partial charge is 0.200 e. The zero-order chi connectivity index (χ0) is 14.9. The summed E-state index contributed by atoms with van der Waals surface area (Å²) >= 11 is 0. The van der Waals surface area contributed by atoms with Gasteiger partial charge in [-0.25, -0.2) is 4.83 Å². The molecule has 2 aliphatic rings. The molecule has 114 valence electrons. The number of hydrogen-bond donors (Lipinski definition) is 1. The first-order valence-electron chi connectivity index (χ1n) is 7.67. The van der Waals surface area contributed by atoms with Crippen LogP contribution in [0.25, 0.3) is 0 Å². The van der Waals surface area contributed by atoms with E-state index in [1.54, 1.807) is 24.3 Å². The van der Waals surface area contributed by atoms with E-state index in [1.165, 1.54) is 12.8 Å². The fraction of sp³-hybridized carbons (Fsp3) is 0.562. The molecule has 2 fully saturated rings. The molecular formula is C16H22N2O2S. The number of hydrazone groups is 1. The lowest BCUT2D eigenvalue weighted by Gasteiger charge is -2.23. The normalized spacial score (nSPS) is 23.0. The molecule has 0 radical (unpaired) electrons. The Morgan fingerprint density at radius 1 is 1.05 bits per heavy atom. The van der Waals surface area contributed by atoms with Crippen molar-refractivity contribution in [3.05, 3.63) is 29.8 Å². The highest BCUT2D eigenvalue weighted by molar-refractivity contribution is 7.89. The number of nitrogens with zero attached hydrogens (tertiary/aromatic N) is 1. The Bertz CT molecular complexity index is 636. The molecule has 4 nitrogen and oxygen atoms in total. The highest BCUT2D eigenvalue weighted by atomic mass is 32.2. The van der Waals surface area contributed by atoms with Crippen LogP contribution in [0.2, 0.25) is 0 Å². The van der Waals surface area contributed by atoms with E-state index in [-0.39, 0.29) is 10.3 Å². The van der Waals surface area contributed by atoms with Crippen LogP contribution >= 0.6 is 0 Å². The number of aryl methyl sites for hydroxylation is 1. The van der Waals surface area contributed by atoms with Crippen LogP contribution in [0, 0.1) is 12.3 Å². The van der Waals surface area contributed by atoms with Gasteiger partial charge in [0.1, 0.15) is 0 Å². The average molecular weight is 306 g/mol. The molecule has 0 heterocycles. The second-order valence-corrected chi connectivity index (χ2v) is 7.97. The molecule has 0 unspecified atom stereocenters. The van der Waals surface area contributed by atoms with Crippen LogP contribution in [0.4, 0.5) is 0 Å². The lowest BCUT2D eigenvalue weighted by molar-refractivity contribution is 0.426. The van der Waals surface area contributed by atoms with Crippen molar-refractivity contribution in [1.29, 1.82) is 0 Å². The first kappa shape index (κ1) is 14.6. The zero-order valence-electron chi connectivity index (χ0n) is 12.4. The van der Waals surface area contributed by atoms with Gasteiger partial charge in [-0.15, -0.1) is 0 Å². The van der Waals surface area contributed by atoms with Gasteiger partial charge in [0, 0.05) is 11.1 Å². The Morgan fingerprint density at radius 3 is 2.33 bits per heavy atom. The van der Waals surface area contributed by atoms with Crippen LogP contribution in [0.3, 0.4) is 0 Å². The number of benzene rings is 1. The molecule has 0 atom stereocenters. The zero-order valence-corrected chi connectivity index (χ0v) is 13.2. The minimum absolute atomic E-state index is 0.190. The van der Waals surface area contributed by atoms with Crippen LogP contribution in [0.15, 0.2) is 34.3 Å². The fourth-order valence-electron chi connectivity index (χ4n) is 3.65. The Balaban J connectivity index is 1.80. The third-order valence-corrected chi connectivity index (χ3v) is 6.10. The van der Waals surface area contributed by atoms with Gasteiger partial charge >= 0.3 is 0 Å². The third-order valence-electron chi connectivity index (χ3n) is 4.87. The summed E-state index contributed by atoms with van der Waals surface area (Å²) in [5.74, 6) is 0. The van der Waals surface area contributed by atoms with Crippen molar-refractivity contribution in [2.45, 2.75) is 56.8 Å². The first-order valence-corrected chi connectivity index (χ1v) is 9.16. The van der Waals surface area contributed by atoms with Gasteiger partial charge in [-0.3, -0.25) is 0 Å². The predicted octanol–water partition coefficient (Wildman–Crippen LogP) is 3.37. The third kappa shape index (κ3) is 2.84. The summed E-state index contributed by atoms with van der Waals surface area (Å²) in [6.45, 7) is 1.94. The van der Waals surface area contributed by atoms with Crippen molar-refractivity contribution in [3.8, 4) is 0 Å².